The number of hydrogen-bond acceptors (Lipinski definition) is 2. The molecule has 0 N–H and O–H groups in total. The molecule has 0 aromatic heterocycles. The molecule has 2 rings (SSSR count). The Kier molecular flexibility index (Phi) is 8.50. The highest BCUT2D eigenvalue weighted by molar-refractivity contribution is 5.47. The topological polar surface area (TPSA) is 12.5 Å². The molecular weight excluding hydrogens is 330 g/mol. The van der Waals surface area contributed by atoms with E-state index in [1.54, 1.807) is 0 Å². The van der Waals surface area contributed by atoms with Crippen molar-refractivity contribution in [2.24, 2.45) is 0 Å². The van der Waals surface area contributed by atoms with Crippen LogP contribution < -0.4 is 0 Å². The molecule has 2 aromatic rings. The lowest BCUT2D eigenvalue weighted by Crippen LogP contribution is -2.38. The number of nitrogens with zero attached hydrogens (tertiary/aromatic N) is 1. The normalized spacial score (nSPS) is 12.3. The Morgan fingerprint density at radius 3 is 1.63 bits per heavy atom. The van der Waals surface area contributed by atoms with Gasteiger partial charge in [0.1, 0.15) is 0 Å². The van der Waals surface area contributed by atoms with Crippen molar-refractivity contribution in [3.8, 4) is 0 Å². The van der Waals surface area contributed by atoms with Crippen LogP contribution in [-0.2, 0) is 17.8 Å². The zero-order chi connectivity index (χ0) is 19.6. The SMILES string of the molecule is C=Cc1ccc(CN(Cc2ccc(C=C)cc2)C(CC)COC(C)C)cc1. The molecule has 0 radical (unpaired) electrons. The minimum absolute atomic E-state index is 0.250. The molecule has 2 nitrogen and oxygen atoms in total. The van der Waals surface area contributed by atoms with Crippen LogP contribution >= 0.6 is 0 Å². The third kappa shape index (κ3) is 6.82. The Bertz CT molecular complexity index is 647. The summed E-state index contributed by atoms with van der Waals surface area (Å²) in [5, 5.41) is 0. The van der Waals surface area contributed by atoms with Gasteiger partial charge in [0.15, 0.2) is 0 Å². The first kappa shape index (κ1) is 21.1. The quantitative estimate of drug-likeness (QED) is 0.473. The van der Waals surface area contributed by atoms with Crippen molar-refractivity contribution in [2.75, 3.05) is 6.61 Å². The molecule has 27 heavy (non-hydrogen) atoms. The Hall–Kier alpha value is -2.16. The lowest BCUT2D eigenvalue weighted by Gasteiger charge is -2.32. The monoisotopic (exact) mass is 363 g/mol. The minimum Gasteiger partial charge on any atom is -0.377 e. The van der Waals surface area contributed by atoms with Crippen molar-refractivity contribution in [3.05, 3.63) is 83.9 Å². The van der Waals surface area contributed by atoms with Crippen LogP contribution in [0.5, 0.6) is 0 Å². The Labute approximate surface area is 165 Å². The molecule has 2 heteroatoms. The van der Waals surface area contributed by atoms with Crippen molar-refractivity contribution in [2.45, 2.75) is 52.4 Å². The summed E-state index contributed by atoms with van der Waals surface area (Å²) >= 11 is 0. The summed E-state index contributed by atoms with van der Waals surface area (Å²) in [7, 11) is 0. The molecule has 0 fully saturated rings. The van der Waals surface area contributed by atoms with Crippen molar-refractivity contribution in [1.82, 2.24) is 4.90 Å². The molecule has 144 valence electrons. The molecular formula is C25H33NO. The second-order valence-corrected chi connectivity index (χ2v) is 7.24. The van der Waals surface area contributed by atoms with Crippen molar-refractivity contribution < 1.29 is 4.74 Å². The van der Waals surface area contributed by atoms with Gasteiger partial charge in [0, 0.05) is 19.1 Å². The van der Waals surface area contributed by atoms with E-state index in [0.717, 1.165) is 37.2 Å². The highest BCUT2D eigenvalue weighted by Crippen LogP contribution is 2.18. The van der Waals surface area contributed by atoms with Gasteiger partial charge in [-0.15, -0.1) is 0 Å². The van der Waals surface area contributed by atoms with Crippen LogP contribution in [0, 0.1) is 0 Å². The van der Waals surface area contributed by atoms with Crippen LogP contribution in [0.1, 0.15) is 49.4 Å². The maximum absolute atomic E-state index is 5.96. The summed E-state index contributed by atoms with van der Waals surface area (Å²) in [6, 6.07) is 17.7. The van der Waals surface area contributed by atoms with E-state index in [4.69, 9.17) is 4.74 Å². The third-order valence-corrected chi connectivity index (χ3v) is 4.81. The van der Waals surface area contributed by atoms with Gasteiger partial charge < -0.3 is 4.74 Å². The van der Waals surface area contributed by atoms with Gasteiger partial charge in [-0.1, -0.05) is 80.8 Å². The summed E-state index contributed by atoms with van der Waals surface area (Å²) in [5.41, 5.74) is 4.93. The molecule has 0 aliphatic carbocycles. The maximum atomic E-state index is 5.96. The van der Waals surface area contributed by atoms with E-state index in [9.17, 15) is 0 Å². The third-order valence-electron chi connectivity index (χ3n) is 4.81. The first-order valence-electron chi connectivity index (χ1n) is 9.84. The lowest BCUT2D eigenvalue weighted by atomic mass is 10.1. The van der Waals surface area contributed by atoms with E-state index in [2.05, 4.69) is 87.4 Å². The molecule has 1 unspecified atom stereocenters. The fourth-order valence-corrected chi connectivity index (χ4v) is 3.09. The molecule has 0 saturated carbocycles. The van der Waals surface area contributed by atoms with E-state index in [1.165, 1.54) is 11.1 Å². The minimum atomic E-state index is 0.250. The first-order valence-corrected chi connectivity index (χ1v) is 9.84. The molecule has 0 spiro atoms. The van der Waals surface area contributed by atoms with Gasteiger partial charge >= 0.3 is 0 Å². The number of ether oxygens (including phenoxy) is 1. The molecule has 0 amide bonds. The molecule has 0 aliphatic rings. The van der Waals surface area contributed by atoms with Crippen LogP contribution in [0.25, 0.3) is 12.2 Å². The molecule has 0 saturated heterocycles. The summed E-state index contributed by atoms with van der Waals surface area (Å²) < 4.78 is 5.96. The van der Waals surface area contributed by atoms with E-state index < -0.39 is 0 Å². The van der Waals surface area contributed by atoms with Crippen LogP contribution in [0.4, 0.5) is 0 Å². The smallest absolute Gasteiger partial charge is 0.0625 e. The van der Waals surface area contributed by atoms with Gasteiger partial charge in [-0.2, -0.15) is 0 Å². The Morgan fingerprint density at radius 2 is 1.30 bits per heavy atom. The maximum Gasteiger partial charge on any atom is 0.0625 e. The highest BCUT2D eigenvalue weighted by atomic mass is 16.5. The van der Waals surface area contributed by atoms with Crippen molar-refractivity contribution in [3.63, 3.8) is 0 Å². The van der Waals surface area contributed by atoms with Crippen molar-refractivity contribution in [1.29, 1.82) is 0 Å². The zero-order valence-corrected chi connectivity index (χ0v) is 17.0. The summed E-state index contributed by atoms with van der Waals surface area (Å²) in [6.45, 7) is 16.7. The lowest BCUT2D eigenvalue weighted by molar-refractivity contribution is 0.0177. The predicted molar refractivity (Wildman–Crippen MR) is 117 cm³/mol. The van der Waals surface area contributed by atoms with Crippen LogP contribution in [0.2, 0.25) is 0 Å². The molecule has 2 aromatic carbocycles. The summed E-state index contributed by atoms with van der Waals surface area (Å²) in [5.74, 6) is 0. The van der Waals surface area contributed by atoms with Gasteiger partial charge in [-0.05, 0) is 42.5 Å². The average molecular weight is 364 g/mol. The van der Waals surface area contributed by atoms with Crippen molar-refractivity contribution >= 4 is 12.2 Å². The second-order valence-electron chi connectivity index (χ2n) is 7.24. The molecule has 0 bridgehead atoms. The second kappa shape index (κ2) is 10.9. The number of hydrogen-bond donors (Lipinski definition) is 0. The summed E-state index contributed by atoms with van der Waals surface area (Å²) in [4.78, 5) is 2.52. The molecule has 0 aliphatic heterocycles. The predicted octanol–water partition coefficient (Wildman–Crippen LogP) is 6.18. The van der Waals surface area contributed by atoms with Crippen LogP contribution in [0.15, 0.2) is 61.7 Å². The van der Waals surface area contributed by atoms with Gasteiger partial charge in [0.2, 0.25) is 0 Å². The molecule has 0 heterocycles. The van der Waals surface area contributed by atoms with Gasteiger partial charge in [0.25, 0.3) is 0 Å². The van der Waals surface area contributed by atoms with E-state index >= 15 is 0 Å². The van der Waals surface area contributed by atoms with Crippen LogP contribution in [-0.4, -0.2) is 23.7 Å². The van der Waals surface area contributed by atoms with Gasteiger partial charge in [-0.3, -0.25) is 4.90 Å². The Balaban J connectivity index is 2.18. The van der Waals surface area contributed by atoms with Gasteiger partial charge in [0.05, 0.1) is 12.7 Å². The van der Waals surface area contributed by atoms with Gasteiger partial charge in [-0.25, -0.2) is 0 Å². The fraction of sp³-hybridized carbons (Fsp3) is 0.360. The average Bonchev–Trinajstić information content (AvgIpc) is 2.69. The molecule has 1 atom stereocenters. The highest BCUT2D eigenvalue weighted by Gasteiger charge is 2.18. The van der Waals surface area contributed by atoms with E-state index in [0.29, 0.717) is 6.04 Å². The standard InChI is InChI=1S/C25H33NO/c1-6-21-9-13-23(14-10-21)17-26(25(8-3)19-27-20(4)5)18-24-15-11-22(7-2)12-16-24/h6-7,9-16,20,25H,1-2,8,17-19H2,3-5H3. The number of benzene rings is 2. The number of rotatable bonds is 11. The zero-order valence-electron chi connectivity index (χ0n) is 17.0. The largest absolute Gasteiger partial charge is 0.377 e. The fourth-order valence-electron chi connectivity index (χ4n) is 3.09. The van der Waals surface area contributed by atoms with E-state index in [1.807, 2.05) is 12.2 Å². The van der Waals surface area contributed by atoms with Crippen LogP contribution in [0.3, 0.4) is 0 Å². The first-order chi connectivity index (χ1) is 13.0. The van der Waals surface area contributed by atoms with E-state index in [-0.39, 0.29) is 6.10 Å². The summed E-state index contributed by atoms with van der Waals surface area (Å²) in [6.07, 6.45) is 5.07. The Morgan fingerprint density at radius 1 is 0.852 bits per heavy atom.